The second-order valence-corrected chi connectivity index (χ2v) is 8.75. The van der Waals surface area contributed by atoms with Crippen molar-refractivity contribution in [1.29, 1.82) is 0 Å². The maximum atomic E-state index is 13.4. The van der Waals surface area contributed by atoms with Crippen LogP contribution < -0.4 is 11.5 Å². The van der Waals surface area contributed by atoms with E-state index in [2.05, 4.69) is 58.3 Å². The molecule has 2 amide bonds. The summed E-state index contributed by atoms with van der Waals surface area (Å²) >= 11 is 0. The Balaban J connectivity index is 1.42. The van der Waals surface area contributed by atoms with Gasteiger partial charge in [0.2, 0.25) is 0 Å². The van der Waals surface area contributed by atoms with Crippen LogP contribution in [0.25, 0.3) is 0 Å². The third kappa shape index (κ3) is 4.68. The second-order valence-electron chi connectivity index (χ2n) is 8.75. The number of nitrogens with zero attached hydrogens (tertiary/aromatic N) is 2. The van der Waals surface area contributed by atoms with Gasteiger partial charge in [-0.1, -0.05) is 48.5 Å². The molecule has 2 fully saturated rings. The first kappa shape index (κ1) is 20.9. The topological polar surface area (TPSA) is 75.6 Å². The van der Waals surface area contributed by atoms with Crippen LogP contribution >= 0.6 is 0 Å². The summed E-state index contributed by atoms with van der Waals surface area (Å²) in [5.41, 5.74) is 16.6. The predicted molar refractivity (Wildman–Crippen MR) is 121 cm³/mol. The first-order valence-electron chi connectivity index (χ1n) is 11.3. The molecule has 2 heterocycles. The van der Waals surface area contributed by atoms with E-state index in [-0.39, 0.29) is 6.03 Å². The van der Waals surface area contributed by atoms with Gasteiger partial charge in [-0.2, -0.15) is 0 Å². The Morgan fingerprint density at radius 2 is 1.27 bits per heavy atom. The van der Waals surface area contributed by atoms with Crippen molar-refractivity contribution in [2.24, 2.45) is 11.5 Å². The van der Waals surface area contributed by atoms with Crippen molar-refractivity contribution in [2.75, 3.05) is 26.2 Å². The highest BCUT2D eigenvalue weighted by Crippen LogP contribution is 2.31. The quantitative estimate of drug-likeness (QED) is 0.811. The van der Waals surface area contributed by atoms with E-state index in [1.54, 1.807) is 0 Å². The summed E-state index contributed by atoms with van der Waals surface area (Å²) in [6.45, 7) is 4.44. The van der Waals surface area contributed by atoms with Gasteiger partial charge in [0, 0.05) is 51.1 Å². The maximum Gasteiger partial charge on any atom is 0.320 e. The molecule has 2 saturated heterocycles. The average Bonchev–Trinajstić information content (AvgIpc) is 2.83. The van der Waals surface area contributed by atoms with Gasteiger partial charge in [0.05, 0.1) is 0 Å². The van der Waals surface area contributed by atoms with Gasteiger partial charge < -0.3 is 21.3 Å². The van der Waals surface area contributed by atoms with Gasteiger partial charge in [0.1, 0.15) is 0 Å². The standard InChI is InChI=1S/C25H34N4O/c26-15-19-5-1-7-21(13-19)23-9-3-11-28(17-23)25(30)29-12-4-10-24(18-29)22-8-2-6-20(14-22)16-27/h1-2,5-8,13-14,23-24H,3-4,9-12,15-18,26-27H2. The SMILES string of the molecule is NCc1cccc(C2CCCN(C(=O)N3CCCC(c4cccc(CN)c4)C3)C2)c1. The minimum atomic E-state index is 0.203. The van der Waals surface area contributed by atoms with E-state index < -0.39 is 0 Å². The number of carbonyl (C=O) groups is 1. The van der Waals surface area contributed by atoms with Crippen molar-refractivity contribution in [3.63, 3.8) is 0 Å². The monoisotopic (exact) mass is 406 g/mol. The molecule has 2 aliphatic heterocycles. The lowest BCUT2D eigenvalue weighted by Crippen LogP contribution is -2.49. The van der Waals surface area contributed by atoms with Crippen LogP contribution in [-0.4, -0.2) is 42.0 Å². The lowest BCUT2D eigenvalue weighted by molar-refractivity contribution is 0.126. The van der Waals surface area contributed by atoms with Crippen LogP contribution in [0.5, 0.6) is 0 Å². The van der Waals surface area contributed by atoms with E-state index in [4.69, 9.17) is 11.5 Å². The molecule has 2 atom stereocenters. The van der Waals surface area contributed by atoms with E-state index in [1.165, 1.54) is 11.1 Å². The van der Waals surface area contributed by atoms with Crippen molar-refractivity contribution < 1.29 is 4.79 Å². The van der Waals surface area contributed by atoms with Gasteiger partial charge in [0.15, 0.2) is 0 Å². The van der Waals surface area contributed by atoms with E-state index in [1.807, 2.05) is 0 Å². The predicted octanol–water partition coefficient (Wildman–Crippen LogP) is 3.78. The zero-order valence-electron chi connectivity index (χ0n) is 17.8. The molecule has 160 valence electrons. The molecular weight excluding hydrogens is 372 g/mol. The summed E-state index contributed by atoms with van der Waals surface area (Å²) in [6.07, 6.45) is 4.37. The Morgan fingerprint density at radius 3 is 1.70 bits per heavy atom. The van der Waals surface area contributed by atoms with Crippen LogP contribution in [0.4, 0.5) is 4.79 Å². The fourth-order valence-corrected chi connectivity index (χ4v) is 4.99. The molecule has 4 rings (SSSR count). The van der Waals surface area contributed by atoms with Crippen LogP contribution in [-0.2, 0) is 13.1 Å². The van der Waals surface area contributed by atoms with Crippen LogP contribution in [0, 0.1) is 0 Å². The van der Waals surface area contributed by atoms with Crippen molar-refractivity contribution >= 4 is 6.03 Å². The number of nitrogens with two attached hydrogens (primary N) is 2. The van der Waals surface area contributed by atoms with Crippen molar-refractivity contribution in [1.82, 2.24) is 9.80 Å². The molecule has 0 bridgehead atoms. The normalized spacial score (nSPS) is 22.2. The fraction of sp³-hybridized carbons (Fsp3) is 0.480. The molecule has 0 radical (unpaired) electrons. The smallest absolute Gasteiger partial charge is 0.320 e. The minimum absolute atomic E-state index is 0.203. The Bertz CT molecular complexity index is 798. The number of hydrogen-bond donors (Lipinski definition) is 2. The number of hydrogen-bond acceptors (Lipinski definition) is 3. The summed E-state index contributed by atoms with van der Waals surface area (Å²) in [5, 5.41) is 0. The van der Waals surface area contributed by atoms with Gasteiger partial charge in [-0.15, -0.1) is 0 Å². The molecular formula is C25H34N4O. The van der Waals surface area contributed by atoms with Gasteiger partial charge in [-0.05, 0) is 47.9 Å². The summed E-state index contributed by atoms with van der Waals surface area (Å²) in [7, 11) is 0. The van der Waals surface area contributed by atoms with Gasteiger partial charge >= 0.3 is 6.03 Å². The van der Waals surface area contributed by atoms with E-state index in [9.17, 15) is 4.79 Å². The number of benzene rings is 2. The van der Waals surface area contributed by atoms with Crippen molar-refractivity contribution in [3.05, 3.63) is 70.8 Å². The molecule has 2 aromatic rings. The van der Waals surface area contributed by atoms with Gasteiger partial charge in [-0.25, -0.2) is 4.79 Å². The summed E-state index contributed by atoms with van der Waals surface area (Å²) in [4.78, 5) is 17.5. The molecule has 0 aliphatic carbocycles. The molecule has 2 aliphatic rings. The first-order valence-corrected chi connectivity index (χ1v) is 11.3. The summed E-state index contributed by atoms with van der Waals surface area (Å²) < 4.78 is 0. The van der Waals surface area contributed by atoms with Crippen LogP contribution in [0.2, 0.25) is 0 Å². The summed E-state index contributed by atoms with van der Waals surface area (Å²) in [6, 6.07) is 17.3. The number of urea groups is 1. The van der Waals surface area contributed by atoms with Gasteiger partial charge in [-0.3, -0.25) is 0 Å². The third-order valence-electron chi connectivity index (χ3n) is 6.70. The molecule has 0 saturated carbocycles. The van der Waals surface area contributed by atoms with Crippen LogP contribution in [0.15, 0.2) is 48.5 Å². The Labute approximate surface area is 180 Å². The van der Waals surface area contributed by atoms with Crippen LogP contribution in [0.1, 0.15) is 59.8 Å². The lowest BCUT2D eigenvalue weighted by Gasteiger charge is -2.40. The van der Waals surface area contributed by atoms with Gasteiger partial charge in [0.25, 0.3) is 0 Å². The number of rotatable bonds is 4. The Hall–Kier alpha value is -2.37. The number of amides is 2. The van der Waals surface area contributed by atoms with Crippen LogP contribution in [0.3, 0.4) is 0 Å². The molecule has 2 aromatic carbocycles. The molecule has 5 heteroatoms. The first-order chi connectivity index (χ1) is 14.7. The number of piperidine rings is 2. The molecule has 2 unspecified atom stereocenters. The molecule has 5 nitrogen and oxygen atoms in total. The summed E-state index contributed by atoms with van der Waals surface area (Å²) in [5.74, 6) is 0.798. The highest BCUT2D eigenvalue weighted by atomic mass is 16.2. The highest BCUT2D eigenvalue weighted by molar-refractivity contribution is 5.75. The molecule has 0 aromatic heterocycles. The average molecular weight is 407 g/mol. The second kappa shape index (κ2) is 9.63. The molecule has 30 heavy (non-hydrogen) atoms. The van der Waals surface area contributed by atoms with E-state index in [0.717, 1.165) is 63.0 Å². The van der Waals surface area contributed by atoms with E-state index >= 15 is 0 Å². The molecule has 4 N–H and O–H groups in total. The van der Waals surface area contributed by atoms with E-state index in [0.29, 0.717) is 24.9 Å². The number of likely N-dealkylation sites (tertiary alicyclic amines) is 2. The Morgan fingerprint density at radius 1 is 0.800 bits per heavy atom. The van der Waals surface area contributed by atoms with Crippen molar-refractivity contribution in [2.45, 2.75) is 50.6 Å². The fourth-order valence-electron chi connectivity index (χ4n) is 4.99. The zero-order valence-corrected chi connectivity index (χ0v) is 17.8. The highest BCUT2D eigenvalue weighted by Gasteiger charge is 2.31. The largest absolute Gasteiger partial charge is 0.326 e. The molecule has 0 spiro atoms. The minimum Gasteiger partial charge on any atom is -0.326 e. The lowest BCUT2D eigenvalue weighted by atomic mass is 9.89. The third-order valence-corrected chi connectivity index (χ3v) is 6.70. The zero-order chi connectivity index (χ0) is 20.9. The Kier molecular flexibility index (Phi) is 6.70. The number of carbonyl (C=O) groups excluding carboxylic acids is 1. The maximum absolute atomic E-state index is 13.4. The van der Waals surface area contributed by atoms with Crippen molar-refractivity contribution in [3.8, 4) is 0 Å².